The highest BCUT2D eigenvalue weighted by molar-refractivity contribution is 7.99. The maximum absolute atomic E-state index is 12.3. The van der Waals surface area contributed by atoms with E-state index in [9.17, 15) is 4.79 Å². The van der Waals surface area contributed by atoms with E-state index in [1.54, 1.807) is 11.8 Å². The molecule has 0 saturated heterocycles. The molecule has 0 unspecified atom stereocenters. The molecule has 2 aromatic heterocycles. The number of carbonyl (C=O) groups is 1. The van der Waals surface area contributed by atoms with Crippen molar-refractivity contribution in [3.8, 4) is 5.13 Å². The van der Waals surface area contributed by atoms with Crippen LogP contribution in [0.15, 0.2) is 59.8 Å². The molecule has 0 aliphatic rings. The number of thioether (sulfide) groups is 1. The van der Waals surface area contributed by atoms with Gasteiger partial charge >= 0.3 is 0 Å². The summed E-state index contributed by atoms with van der Waals surface area (Å²) in [5.41, 5.74) is 0.770. The highest BCUT2D eigenvalue weighted by atomic mass is 32.2. The van der Waals surface area contributed by atoms with Crippen LogP contribution < -0.4 is 5.32 Å². The summed E-state index contributed by atoms with van der Waals surface area (Å²) in [4.78, 5) is 18.7. The van der Waals surface area contributed by atoms with Crippen molar-refractivity contribution in [1.29, 1.82) is 0 Å². The van der Waals surface area contributed by atoms with Crippen molar-refractivity contribution in [1.82, 2.24) is 14.9 Å². The number of aryl methyl sites for hydroxylation is 1. The summed E-state index contributed by atoms with van der Waals surface area (Å²) in [5, 5.41) is 3.79. The lowest BCUT2D eigenvalue weighted by Gasteiger charge is -2.04. The molecular weight excluding hydrogens is 326 g/mol. The van der Waals surface area contributed by atoms with E-state index in [-0.39, 0.29) is 5.91 Å². The van der Waals surface area contributed by atoms with E-state index in [1.807, 2.05) is 54.2 Å². The molecule has 0 aliphatic carbocycles. The van der Waals surface area contributed by atoms with E-state index in [0.29, 0.717) is 11.4 Å². The van der Waals surface area contributed by atoms with Gasteiger partial charge in [-0.05, 0) is 31.2 Å². The summed E-state index contributed by atoms with van der Waals surface area (Å²) >= 11 is 3.15. The van der Waals surface area contributed by atoms with Crippen molar-refractivity contribution < 1.29 is 4.79 Å². The zero-order valence-electron chi connectivity index (χ0n) is 12.7. The van der Waals surface area contributed by atoms with Crippen LogP contribution in [0.4, 0.5) is 0 Å². The van der Waals surface area contributed by atoms with Crippen LogP contribution in [0.25, 0.3) is 5.13 Å². The van der Waals surface area contributed by atoms with E-state index in [4.69, 9.17) is 0 Å². The van der Waals surface area contributed by atoms with Gasteiger partial charge in [-0.25, -0.2) is 4.98 Å². The van der Waals surface area contributed by atoms with Gasteiger partial charge in [0.15, 0.2) is 5.13 Å². The lowest BCUT2D eigenvalue weighted by atomic mass is 10.4. The molecule has 0 saturated carbocycles. The van der Waals surface area contributed by atoms with Crippen molar-refractivity contribution in [3.05, 3.63) is 65.4 Å². The number of aromatic nitrogens is 2. The van der Waals surface area contributed by atoms with Crippen molar-refractivity contribution in [2.75, 3.05) is 12.3 Å². The lowest BCUT2D eigenvalue weighted by molar-refractivity contribution is 0.0959. The Bertz CT molecular complexity index is 767. The Morgan fingerprint density at radius 2 is 1.96 bits per heavy atom. The molecule has 4 nitrogen and oxygen atoms in total. The molecule has 6 heteroatoms. The number of carbonyl (C=O) groups excluding carboxylic acids is 1. The summed E-state index contributed by atoms with van der Waals surface area (Å²) in [5.74, 6) is 0.796. The van der Waals surface area contributed by atoms with Gasteiger partial charge in [-0.3, -0.25) is 4.79 Å². The maximum atomic E-state index is 12.3. The van der Waals surface area contributed by atoms with Crippen LogP contribution in [0.3, 0.4) is 0 Å². The largest absolute Gasteiger partial charge is 0.350 e. The molecule has 2 heterocycles. The monoisotopic (exact) mass is 343 g/mol. The third kappa shape index (κ3) is 4.03. The molecule has 1 amide bonds. The van der Waals surface area contributed by atoms with Gasteiger partial charge in [0.1, 0.15) is 4.88 Å². The minimum Gasteiger partial charge on any atom is -0.350 e. The zero-order chi connectivity index (χ0) is 16.1. The molecule has 0 aliphatic heterocycles. The van der Waals surface area contributed by atoms with E-state index in [0.717, 1.165) is 16.6 Å². The number of thiazole rings is 1. The highest BCUT2D eigenvalue weighted by Gasteiger charge is 2.15. The normalized spacial score (nSPS) is 10.7. The van der Waals surface area contributed by atoms with Crippen molar-refractivity contribution >= 4 is 29.0 Å². The van der Waals surface area contributed by atoms with Crippen LogP contribution in [0.5, 0.6) is 0 Å². The fraction of sp³-hybridized carbons (Fsp3) is 0.176. The Morgan fingerprint density at radius 3 is 2.70 bits per heavy atom. The number of nitrogens with zero attached hydrogens (tertiary/aromatic N) is 2. The quantitative estimate of drug-likeness (QED) is 0.547. The van der Waals surface area contributed by atoms with Crippen LogP contribution in [-0.4, -0.2) is 27.8 Å². The Balaban J connectivity index is 1.54. The third-order valence-corrected chi connectivity index (χ3v) is 5.40. The van der Waals surface area contributed by atoms with E-state index in [2.05, 4.69) is 22.4 Å². The molecule has 0 radical (unpaired) electrons. The minimum atomic E-state index is -0.0490. The Labute approximate surface area is 143 Å². The molecule has 0 atom stereocenters. The molecule has 0 fully saturated rings. The summed E-state index contributed by atoms with van der Waals surface area (Å²) in [6.45, 7) is 2.51. The van der Waals surface area contributed by atoms with E-state index in [1.165, 1.54) is 16.2 Å². The first-order valence-corrected chi connectivity index (χ1v) is 9.11. The SMILES string of the molecule is Cc1nc(-n2cccc2)sc1C(=O)NCCSc1ccccc1. The van der Waals surface area contributed by atoms with Crippen molar-refractivity contribution in [2.45, 2.75) is 11.8 Å². The second kappa shape index (κ2) is 7.48. The fourth-order valence-corrected chi connectivity index (χ4v) is 3.84. The number of benzene rings is 1. The lowest BCUT2D eigenvalue weighted by Crippen LogP contribution is -2.25. The summed E-state index contributed by atoms with van der Waals surface area (Å²) < 4.78 is 1.92. The number of hydrogen-bond donors (Lipinski definition) is 1. The summed E-state index contributed by atoms with van der Waals surface area (Å²) in [6, 6.07) is 14.1. The molecule has 3 aromatic rings. The van der Waals surface area contributed by atoms with E-state index >= 15 is 0 Å². The minimum absolute atomic E-state index is 0.0490. The van der Waals surface area contributed by atoms with Gasteiger partial charge in [-0.1, -0.05) is 29.5 Å². The molecule has 0 bridgehead atoms. The molecule has 1 N–H and O–H groups in total. The van der Waals surface area contributed by atoms with Crippen LogP contribution in [0, 0.1) is 6.92 Å². The topological polar surface area (TPSA) is 46.9 Å². The molecule has 118 valence electrons. The second-order valence-corrected chi connectivity index (χ2v) is 7.06. The number of nitrogens with one attached hydrogen (secondary N) is 1. The number of hydrogen-bond acceptors (Lipinski definition) is 4. The Kier molecular flexibility index (Phi) is 5.15. The third-order valence-electron chi connectivity index (χ3n) is 3.22. The highest BCUT2D eigenvalue weighted by Crippen LogP contribution is 2.21. The molecule has 23 heavy (non-hydrogen) atoms. The van der Waals surface area contributed by atoms with Gasteiger partial charge < -0.3 is 9.88 Å². The van der Waals surface area contributed by atoms with Gasteiger partial charge in [0.05, 0.1) is 5.69 Å². The van der Waals surface area contributed by atoms with Crippen molar-refractivity contribution in [2.24, 2.45) is 0 Å². The second-order valence-electron chi connectivity index (χ2n) is 4.92. The molecule has 3 rings (SSSR count). The van der Waals surface area contributed by atoms with Crippen LogP contribution in [0.1, 0.15) is 15.4 Å². The van der Waals surface area contributed by atoms with Crippen molar-refractivity contribution in [3.63, 3.8) is 0 Å². The predicted molar refractivity (Wildman–Crippen MR) is 95.7 cm³/mol. The first-order chi connectivity index (χ1) is 11.2. The molecular formula is C17H17N3OS2. The number of rotatable bonds is 6. The van der Waals surface area contributed by atoms with Gasteiger partial charge in [0.2, 0.25) is 0 Å². The predicted octanol–water partition coefficient (Wildman–Crippen LogP) is 3.76. The van der Waals surface area contributed by atoms with Gasteiger partial charge in [0, 0.05) is 29.6 Å². The molecule has 0 spiro atoms. The first kappa shape index (κ1) is 15.8. The van der Waals surface area contributed by atoms with E-state index < -0.39 is 0 Å². The van der Waals surface area contributed by atoms with Crippen LogP contribution in [0.2, 0.25) is 0 Å². The standard InChI is InChI=1S/C17H17N3OS2/c1-13-15(23-17(19-13)20-10-5-6-11-20)16(21)18-9-12-22-14-7-3-2-4-8-14/h2-8,10-11H,9,12H2,1H3,(H,18,21). The summed E-state index contributed by atoms with van der Waals surface area (Å²) in [7, 11) is 0. The van der Waals surface area contributed by atoms with Gasteiger partial charge in [-0.15, -0.1) is 11.8 Å². The average Bonchev–Trinajstić information content (AvgIpc) is 3.21. The Morgan fingerprint density at radius 1 is 1.22 bits per heavy atom. The zero-order valence-corrected chi connectivity index (χ0v) is 14.4. The number of amides is 1. The molecule has 1 aromatic carbocycles. The van der Waals surface area contributed by atoms with Gasteiger partial charge in [0.25, 0.3) is 5.91 Å². The average molecular weight is 343 g/mol. The maximum Gasteiger partial charge on any atom is 0.263 e. The first-order valence-electron chi connectivity index (χ1n) is 7.31. The Hall–Kier alpha value is -2.05. The fourth-order valence-electron chi connectivity index (χ4n) is 2.10. The summed E-state index contributed by atoms with van der Waals surface area (Å²) in [6.07, 6.45) is 3.85. The smallest absolute Gasteiger partial charge is 0.263 e. The van der Waals surface area contributed by atoms with Crippen LogP contribution >= 0.6 is 23.1 Å². The van der Waals surface area contributed by atoms with Gasteiger partial charge in [-0.2, -0.15) is 0 Å². The van der Waals surface area contributed by atoms with Crippen LogP contribution in [-0.2, 0) is 0 Å².